The summed E-state index contributed by atoms with van der Waals surface area (Å²) < 4.78 is 25.3. The van der Waals surface area contributed by atoms with Gasteiger partial charge in [-0.15, -0.1) is 0 Å². The van der Waals surface area contributed by atoms with Crippen LogP contribution in [0, 0.1) is 12.7 Å². The molecule has 1 aliphatic rings. The van der Waals surface area contributed by atoms with E-state index in [1.807, 2.05) is 54.6 Å². The van der Waals surface area contributed by atoms with Crippen LogP contribution < -0.4 is 15.0 Å². The molecule has 1 atom stereocenters. The number of halogens is 1. The van der Waals surface area contributed by atoms with Crippen LogP contribution >= 0.6 is 0 Å². The molecule has 1 unspecified atom stereocenters. The number of hydrogen-bond acceptors (Lipinski definition) is 5. The number of amides is 2. The largest absolute Gasteiger partial charge is 0.497 e. The predicted molar refractivity (Wildman–Crippen MR) is 130 cm³/mol. The van der Waals surface area contributed by atoms with Crippen molar-refractivity contribution in [3.05, 3.63) is 101 Å². The molecule has 0 aliphatic carbocycles. The van der Waals surface area contributed by atoms with Crippen LogP contribution in [0.3, 0.4) is 0 Å². The lowest BCUT2D eigenvalue weighted by Gasteiger charge is -2.35. The highest BCUT2D eigenvalue weighted by atomic mass is 19.1. The number of benzene rings is 3. The minimum Gasteiger partial charge on any atom is -0.497 e. The highest BCUT2D eigenvalue weighted by molar-refractivity contribution is 6.01. The minimum absolute atomic E-state index is 0.264. The third kappa shape index (κ3) is 4.14. The highest BCUT2D eigenvalue weighted by Crippen LogP contribution is 2.39. The van der Waals surface area contributed by atoms with Gasteiger partial charge in [-0.05, 0) is 61.4 Å². The molecule has 5 rings (SSSR count). The molecular formula is C27H23FN4O3. The Balaban J connectivity index is 1.63. The molecule has 7 nitrogen and oxygen atoms in total. The SMILES string of the molecule is COc1ccc(-c2noc(C3=C(C)N(c4ccc(C)c(F)c4)C(=O)NC3c3ccccc3)n2)cc1. The van der Waals surface area contributed by atoms with Gasteiger partial charge in [-0.3, -0.25) is 4.90 Å². The predicted octanol–water partition coefficient (Wildman–Crippen LogP) is 5.89. The molecule has 0 radical (unpaired) electrons. The molecule has 0 spiro atoms. The van der Waals surface area contributed by atoms with E-state index in [4.69, 9.17) is 9.26 Å². The van der Waals surface area contributed by atoms with Gasteiger partial charge in [0.25, 0.3) is 5.89 Å². The molecule has 0 bridgehead atoms. The van der Waals surface area contributed by atoms with Gasteiger partial charge in [0.15, 0.2) is 0 Å². The number of carbonyl (C=O) groups excluding carboxylic acids is 1. The van der Waals surface area contributed by atoms with Crippen molar-refractivity contribution in [3.8, 4) is 17.1 Å². The summed E-state index contributed by atoms with van der Waals surface area (Å²) in [4.78, 5) is 19.3. The summed E-state index contributed by atoms with van der Waals surface area (Å²) in [5, 5.41) is 7.19. The second-order valence-corrected chi connectivity index (χ2v) is 8.21. The fourth-order valence-corrected chi connectivity index (χ4v) is 4.14. The Kier molecular flexibility index (Phi) is 5.78. The van der Waals surface area contributed by atoms with Crippen LogP contribution in [0.25, 0.3) is 17.0 Å². The van der Waals surface area contributed by atoms with Crippen LogP contribution in [0.15, 0.2) is 83.0 Å². The van der Waals surface area contributed by atoms with Crippen LogP contribution in [0.1, 0.15) is 30.0 Å². The molecule has 0 saturated heterocycles. The normalized spacial score (nSPS) is 15.8. The lowest BCUT2D eigenvalue weighted by molar-refractivity contribution is 0.244. The standard InChI is InChI=1S/C27H23FN4O3/c1-16-9-12-20(15-22(16)28)32-17(2)23(24(29-27(32)33)18-7-5-4-6-8-18)26-30-25(31-35-26)19-10-13-21(34-3)14-11-19/h4-15,24H,1-3H3,(H,29,33). The van der Waals surface area contributed by atoms with E-state index in [-0.39, 0.29) is 11.9 Å². The van der Waals surface area contributed by atoms with Crippen LogP contribution in [0.5, 0.6) is 5.75 Å². The number of hydrogen-bond donors (Lipinski definition) is 1. The van der Waals surface area contributed by atoms with E-state index < -0.39 is 11.9 Å². The van der Waals surface area contributed by atoms with E-state index in [1.165, 1.54) is 11.0 Å². The zero-order valence-corrected chi connectivity index (χ0v) is 19.4. The van der Waals surface area contributed by atoms with Gasteiger partial charge in [-0.25, -0.2) is 9.18 Å². The molecule has 2 heterocycles. The summed E-state index contributed by atoms with van der Waals surface area (Å²) in [6.07, 6.45) is 0. The maximum Gasteiger partial charge on any atom is 0.327 e. The number of aryl methyl sites for hydroxylation is 1. The van der Waals surface area contributed by atoms with Crippen molar-refractivity contribution in [2.24, 2.45) is 0 Å². The molecule has 2 amide bonds. The number of anilines is 1. The summed E-state index contributed by atoms with van der Waals surface area (Å²) in [6, 6.07) is 20.6. The van der Waals surface area contributed by atoms with Crippen molar-refractivity contribution in [2.45, 2.75) is 19.9 Å². The molecule has 176 valence electrons. The number of urea groups is 1. The van der Waals surface area contributed by atoms with E-state index in [0.717, 1.165) is 16.9 Å². The Morgan fingerprint density at radius 2 is 1.77 bits per heavy atom. The molecule has 1 aliphatic heterocycles. The number of carbonyl (C=O) groups is 1. The molecule has 4 aromatic rings. The first-order valence-corrected chi connectivity index (χ1v) is 11.1. The van der Waals surface area contributed by atoms with Gasteiger partial charge >= 0.3 is 6.03 Å². The summed E-state index contributed by atoms with van der Waals surface area (Å²) in [6.45, 7) is 3.47. The van der Waals surface area contributed by atoms with E-state index in [0.29, 0.717) is 28.3 Å². The number of methoxy groups -OCH3 is 1. The van der Waals surface area contributed by atoms with E-state index in [1.54, 1.807) is 33.1 Å². The molecule has 1 aromatic heterocycles. The number of nitrogens with one attached hydrogen (secondary N) is 1. The van der Waals surface area contributed by atoms with E-state index >= 15 is 0 Å². The smallest absolute Gasteiger partial charge is 0.327 e. The zero-order chi connectivity index (χ0) is 24.5. The van der Waals surface area contributed by atoms with Crippen molar-refractivity contribution in [1.29, 1.82) is 0 Å². The van der Waals surface area contributed by atoms with Gasteiger partial charge in [0, 0.05) is 11.3 Å². The first-order chi connectivity index (χ1) is 17.0. The molecule has 3 aromatic carbocycles. The van der Waals surface area contributed by atoms with Crippen LogP contribution in [-0.2, 0) is 0 Å². The fraction of sp³-hybridized carbons (Fsp3) is 0.148. The Hall–Kier alpha value is -4.46. The van der Waals surface area contributed by atoms with Gasteiger partial charge < -0.3 is 14.6 Å². The van der Waals surface area contributed by atoms with Gasteiger partial charge in [0.2, 0.25) is 5.82 Å². The molecule has 1 N–H and O–H groups in total. The first kappa shape index (κ1) is 22.3. The van der Waals surface area contributed by atoms with Gasteiger partial charge in [-0.2, -0.15) is 4.98 Å². The minimum atomic E-state index is -0.528. The average molecular weight is 471 g/mol. The third-order valence-electron chi connectivity index (χ3n) is 6.04. The number of allylic oxidation sites excluding steroid dienone is 1. The topological polar surface area (TPSA) is 80.5 Å². The van der Waals surface area contributed by atoms with Crippen LogP contribution in [0.2, 0.25) is 0 Å². The first-order valence-electron chi connectivity index (χ1n) is 11.1. The molecular weight excluding hydrogens is 447 g/mol. The summed E-state index contributed by atoms with van der Waals surface area (Å²) in [5.41, 5.74) is 3.71. The van der Waals surface area contributed by atoms with Crippen molar-refractivity contribution < 1.29 is 18.4 Å². The Morgan fingerprint density at radius 3 is 2.46 bits per heavy atom. The number of aromatic nitrogens is 2. The Morgan fingerprint density at radius 1 is 1.03 bits per heavy atom. The zero-order valence-electron chi connectivity index (χ0n) is 19.4. The monoisotopic (exact) mass is 470 g/mol. The Labute approximate surface area is 201 Å². The van der Waals surface area contributed by atoms with Crippen molar-refractivity contribution in [2.75, 3.05) is 12.0 Å². The van der Waals surface area contributed by atoms with Gasteiger partial charge in [-0.1, -0.05) is 41.6 Å². The lowest BCUT2D eigenvalue weighted by atomic mass is 9.94. The lowest BCUT2D eigenvalue weighted by Crippen LogP contribution is -2.46. The molecule has 8 heteroatoms. The maximum absolute atomic E-state index is 14.4. The van der Waals surface area contributed by atoms with Crippen molar-refractivity contribution >= 4 is 17.3 Å². The van der Waals surface area contributed by atoms with Crippen molar-refractivity contribution in [1.82, 2.24) is 15.5 Å². The van der Waals surface area contributed by atoms with Gasteiger partial charge in [0.05, 0.1) is 24.4 Å². The fourth-order valence-electron chi connectivity index (χ4n) is 4.14. The molecule has 35 heavy (non-hydrogen) atoms. The van der Waals surface area contributed by atoms with Crippen molar-refractivity contribution in [3.63, 3.8) is 0 Å². The quantitative estimate of drug-likeness (QED) is 0.393. The maximum atomic E-state index is 14.4. The Bertz CT molecular complexity index is 1410. The van der Waals surface area contributed by atoms with E-state index in [2.05, 4.69) is 15.5 Å². The molecule has 0 saturated carbocycles. The van der Waals surface area contributed by atoms with E-state index in [9.17, 15) is 9.18 Å². The van der Waals surface area contributed by atoms with Crippen LogP contribution in [-0.4, -0.2) is 23.3 Å². The average Bonchev–Trinajstić information content (AvgIpc) is 3.36. The summed E-state index contributed by atoms with van der Waals surface area (Å²) in [5.74, 6) is 0.991. The van der Waals surface area contributed by atoms with Gasteiger partial charge in [0.1, 0.15) is 11.6 Å². The summed E-state index contributed by atoms with van der Waals surface area (Å²) in [7, 11) is 1.60. The number of nitrogens with zero attached hydrogens (tertiary/aromatic N) is 3. The highest BCUT2D eigenvalue weighted by Gasteiger charge is 2.36. The molecule has 0 fully saturated rings. The van der Waals surface area contributed by atoms with Crippen LogP contribution in [0.4, 0.5) is 14.9 Å². The summed E-state index contributed by atoms with van der Waals surface area (Å²) >= 11 is 0. The third-order valence-corrected chi connectivity index (χ3v) is 6.04. The second kappa shape index (κ2) is 9.06. The number of rotatable bonds is 5. The number of ether oxygens (including phenoxy) is 1. The second-order valence-electron chi connectivity index (χ2n) is 8.21.